The summed E-state index contributed by atoms with van der Waals surface area (Å²) in [5.74, 6) is 0.195. The van der Waals surface area contributed by atoms with Crippen molar-refractivity contribution in [2.75, 3.05) is 0 Å². The van der Waals surface area contributed by atoms with Gasteiger partial charge in [0.1, 0.15) is 5.82 Å². The molecule has 0 saturated carbocycles. The van der Waals surface area contributed by atoms with Crippen LogP contribution in [0.5, 0.6) is 0 Å². The van der Waals surface area contributed by atoms with Gasteiger partial charge in [0.2, 0.25) is 0 Å². The van der Waals surface area contributed by atoms with Gasteiger partial charge in [0.15, 0.2) is 5.16 Å². The molecule has 0 saturated heterocycles. The van der Waals surface area contributed by atoms with Gasteiger partial charge in [0, 0.05) is 28.7 Å². The van der Waals surface area contributed by atoms with Crippen LogP contribution in [0.4, 0.5) is 4.39 Å². The number of nitrogens with one attached hydrogen (secondary N) is 1. The summed E-state index contributed by atoms with van der Waals surface area (Å²) in [7, 11) is 0. The summed E-state index contributed by atoms with van der Waals surface area (Å²) in [5, 5.41) is 1.21. The SMILES string of the molecule is Fc1cccc(Cl)c1CSc1ncc[nH]1. The number of aromatic nitrogens is 2. The highest BCUT2D eigenvalue weighted by molar-refractivity contribution is 7.98. The second-order valence-corrected chi connectivity index (χ2v) is 4.25. The highest BCUT2D eigenvalue weighted by Crippen LogP contribution is 2.26. The molecule has 1 N–H and O–H groups in total. The highest BCUT2D eigenvalue weighted by Gasteiger charge is 2.07. The molecule has 0 radical (unpaired) electrons. The monoisotopic (exact) mass is 242 g/mol. The first kappa shape index (κ1) is 10.5. The molecule has 0 atom stereocenters. The molecular weight excluding hydrogens is 235 g/mol. The smallest absolute Gasteiger partial charge is 0.165 e. The summed E-state index contributed by atoms with van der Waals surface area (Å²) in [4.78, 5) is 6.97. The molecule has 0 fully saturated rings. The lowest BCUT2D eigenvalue weighted by molar-refractivity contribution is 0.617. The summed E-state index contributed by atoms with van der Waals surface area (Å²) in [6.45, 7) is 0. The van der Waals surface area contributed by atoms with Crippen LogP contribution in [0.3, 0.4) is 0 Å². The van der Waals surface area contributed by atoms with E-state index in [0.717, 1.165) is 5.16 Å². The number of hydrogen-bond acceptors (Lipinski definition) is 2. The van der Waals surface area contributed by atoms with Crippen molar-refractivity contribution in [1.29, 1.82) is 0 Å². The van der Waals surface area contributed by atoms with Gasteiger partial charge in [-0.15, -0.1) is 0 Å². The van der Waals surface area contributed by atoms with Gasteiger partial charge >= 0.3 is 0 Å². The van der Waals surface area contributed by atoms with Crippen molar-refractivity contribution in [3.8, 4) is 0 Å². The van der Waals surface area contributed by atoms with E-state index in [0.29, 0.717) is 16.3 Å². The summed E-state index contributed by atoms with van der Waals surface area (Å²) in [6, 6.07) is 4.69. The third-order valence-electron chi connectivity index (χ3n) is 1.89. The Morgan fingerprint density at radius 1 is 1.47 bits per heavy atom. The van der Waals surface area contributed by atoms with Crippen LogP contribution in [-0.4, -0.2) is 9.97 Å². The summed E-state index contributed by atoms with van der Waals surface area (Å²) < 4.78 is 13.4. The second-order valence-electron chi connectivity index (χ2n) is 2.88. The quantitative estimate of drug-likeness (QED) is 0.835. The van der Waals surface area contributed by atoms with Crippen molar-refractivity contribution in [3.05, 3.63) is 47.0 Å². The number of imidazole rings is 1. The van der Waals surface area contributed by atoms with Crippen LogP contribution in [0.2, 0.25) is 5.02 Å². The van der Waals surface area contributed by atoms with Crippen molar-refractivity contribution >= 4 is 23.4 Å². The maximum Gasteiger partial charge on any atom is 0.165 e. The molecule has 78 valence electrons. The molecule has 2 aromatic rings. The fourth-order valence-corrected chi connectivity index (χ4v) is 2.31. The number of hydrogen-bond donors (Lipinski definition) is 1. The van der Waals surface area contributed by atoms with E-state index >= 15 is 0 Å². The van der Waals surface area contributed by atoms with Crippen LogP contribution in [0, 0.1) is 5.82 Å². The molecule has 0 aliphatic heterocycles. The Hall–Kier alpha value is -1.00. The normalized spacial score (nSPS) is 10.5. The van der Waals surface area contributed by atoms with Crippen molar-refractivity contribution < 1.29 is 4.39 Å². The van der Waals surface area contributed by atoms with Crippen molar-refractivity contribution in [2.24, 2.45) is 0 Å². The summed E-state index contributed by atoms with van der Waals surface area (Å²) in [5.41, 5.74) is 0.514. The van der Waals surface area contributed by atoms with E-state index in [1.165, 1.54) is 17.8 Å². The van der Waals surface area contributed by atoms with E-state index in [4.69, 9.17) is 11.6 Å². The summed E-state index contributed by atoms with van der Waals surface area (Å²) in [6.07, 6.45) is 3.39. The molecule has 2 rings (SSSR count). The first-order valence-corrected chi connectivity index (χ1v) is 5.69. The minimum Gasteiger partial charge on any atom is -0.340 e. The molecule has 0 amide bonds. The van der Waals surface area contributed by atoms with Gasteiger partial charge in [0.25, 0.3) is 0 Å². The molecule has 0 aliphatic rings. The van der Waals surface area contributed by atoms with Crippen molar-refractivity contribution in [2.45, 2.75) is 10.9 Å². The Morgan fingerprint density at radius 3 is 3.00 bits per heavy atom. The molecule has 0 spiro atoms. The number of aromatic amines is 1. The zero-order valence-corrected chi connectivity index (χ0v) is 9.28. The predicted molar refractivity (Wildman–Crippen MR) is 59.6 cm³/mol. The Morgan fingerprint density at radius 2 is 2.33 bits per heavy atom. The van der Waals surface area contributed by atoms with Crippen LogP contribution in [0.15, 0.2) is 35.7 Å². The number of rotatable bonds is 3. The molecule has 0 aliphatic carbocycles. The third kappa shape index (κ3) is 2.52. The Kier molecular flexibility index (Phi) is 3.28. The lowest BCUT2D eigenvalue weighted by Gasteiger charge is -2.03. The molecule has 1 aromatic carbocycles. The summed E-state index contributed by atoms with van der Waals surface area (Å²) >= 11 is 7.30. The molecule has 0 bridgehead atoms. The number of H-pyrrole nitrogens is 1. The maximum absolute atomic E-state index is 13.4. The maximum atomic E-state index is 13.4. The van der Waals surface area contributed by atoms with E-state index < -0.39 is 0 Å². The second kappa shape index (κ2) is 4.68. The number of thioether (sulfide) groups is 1. The van der Waals surface area contributed by atoms with E-state index in [2.05, 4.69) is 9.97 Å². The first-order chi connectivity index (χ1) is 7.27. The van der Waals surface area contributed by atoms with E-state index in [-0.39, 0.29) is 5.82 Å². The Bertz CT molecular complexity index is 424. The number of halogens is 2. The van der Waals surface area contributed by atoms with Gasteiger partial charge in [0.05, 0.1) is 0 Å². The van der Waals surface area contributed by atoms with E-state index in [9.17, 15) is 4.39 Å². The number of benzene rings is 1. The van der Waals surface area contributed by atoms with E-state index in [1.807, 2.05) is 0 Å². The van der Waals surface area contributed by atoms with Crippen LogP contribution in [0.25, 0.3) is 0 Å². The minimum absolute atomic E-state index is 0.276. The molecule has 0 unspecified atom stereocenters. The lowest BCUT2D eigenvalue weighted by atomic mass is 10.2. The topological polar surface area (TPSA) is 28.7 Å². The number of nitrogens with zero attached hydrogens (tertiary/aromatic N) is 1. The van der Waals surface area contributed by atoms with Crippen LogP contribution >= 0.6 is 23.4 Å². The van der Waals surface area contributed by atoms with Gasteiger partial charge in [-0.2, -0.15) is 0 Å². The van der Waals surface area contributed by atoms with Gasteiger partial charge in [-0.1, -0.05) is 29.4 Å². The third-order valence-corrected chi connectivity index (χ3v) is 3.17. The van der Waals surface area contributed by atoms with Crippen LogP contribution in [0.1, 0.15) is 5.56 Å². The van der Waals surface area contributed by atoms with Gasteiger partial charge in [-0.25, -0.2) is 9.37 Å². The van der Waals surface area contributed by atoms with Crippen molar-refractivity contribution in [3.63, 3.8) is 0 Å². The fraction of sp³-hybridized carbons (Fsp3) is 0.100. The predicted octanol–water partition coefficient (Wildman–Crippen LogP) is 3.49. The molecule has 15 heavy (non-hydrogen) atoms. The molecule has 5 heteroatoms. The zero-order valence-electron chi connectivity index (χ0n) is 7.71. The average molecular weight is 243 g/mol. The highest BCUT2D eigenvalue weighted by atomic mass is 35.5. The average Bonchev–Trinajstić information content (AvgIpc) is 2.70. The van der Waals surface area contributed by atoms with E-state index in [1.54, 1.807) is 24.5 Å². The van der Waals surface area contributed by atoms with Gasteiger partial charge < -0.3 is 4.98 Å². The molecule has 2 nitrogen and oxygen atoms in total. The molecule has 1 heterocycles. The van der Waals surface area contributed by atoms with Crippen LogP contribution in [-0.2, 0) is 5.75 Å². The van der Waals surface area contributed by atoms with Gasteiger partial charge in [-0.3, -0.25) is 0 Å². The van der Waals surface area contributed by atoms with Gasteiger partial charge in [-0.05, 0) is 12.1 Å². The standard InChI is InChI=1S/C10H8ClFN2S/c11-8-2-1-3-9(12)7(8)6-15-10-13-4-5-14-10/h1-5H,6H2,(H,13,14). The Labute approximate surface area is 95.9 Å². The van der Waals surface area contributed by atoms with Crippen molar-refractivity contribution in [1.82, 2.24) is 9.97 Å². The first-order valence-electron chi connectivity index (χ1n) is 4.32. The minimum atomic E-state index is -0.276. The Balaban J connectivity index is 2.11. The fourth-order valence-electron chi connectivity index (χ4n) is 1.14. The largest absolute Gasteiger partial charge is 0.340 e. The molecular formula is C10H8ClFN2S. The lowest BCUT2D eigenvalue weighted by Crippen LogP contribution is -1.89. The zero-order chi connectivity index (χ0) is 10.7. The van der Waals surface area contributed by atoms with Crippen LogP contribution < -0.4 is 0 Å². The molecule has 1 aromatic heterocycles.